The van der Waals surface area contributed by atoms with Gasteiger partial charge in [0, 0.05) is 17.6 Å². The highest BCUT2D eigenvalue weighted by atomic mass is 35.5. The second kappa shape index (κ2) is 4.45. The summed E-state index contributed by atoms with van der Waals surface area (Å²) in [4.78, 5) is 0. The van der Waals surface area contributed by atoms with E-state index in [0.29, 0.717) is 6.54 Å². The summed E-state index contributed by atoms with van der Waals surface area (Å²) in [5, 5.41) is 0.750. The molecule has 1 aromatic carbocycles. The van der Waals surface area contributed by atoms with Crippen molar-refractivity contribution >= 4 is 11.6 Å². The largest absolute Gasteiger partial charge is 0.329 e. The molecule has 0 unspecified atom stereocenters. The van der Waals surface area contributed by atoms with E-state index in [1.807, 2.05) is 24.3 Å². The molecule has 0 heterocycles. The van der Waals surface area contributed by atoms with Crippen molar-refractivity contribution in [1.82, 2.24) is 0 Å². The van der Waals surface area contributed by atoms with Gasteiger partial charge in [0.15, 0.2) is 0 Å². The molecule has 0 radical (unpaired) electrons. The van der Waals surface area contributed by atoms with Crippen LogP contribution in [0.3, 0.4) is 0 Å². The molecule has 2 nitrogen and oxygen atoms in total. The van der Waals surface area contributed by atoms with Crippen molar-refractivity contribution < 1.29 is 0 Å². The number of rotatable bonds is 3. The Kier molecular flexibility index (Phi) is 3.53. The Balaban J connectivity index is 2.58. The maximum Gasteiger partial charge on any atom is 0.0406 e. The van der Waals surface area contributed by atoms with E-state index < -0.39 is 0 Å². The van der Waals surface area contributed by atoms with Crippen molar-refractivity contribution in [2.45, 2.75) is 12.5 Å². The summed E-state index contributed by atoms with van der Waals surface area (Å²) in [6.45, 7) is 0.516. The Bertz CT molecular complexity index is 233. The van der Waals surface area contributed by atoms with E-state index in [2.05, 4.69) is 0 Å². The monoisotopic (exact) mass is 184 g/mol. The first-order chi connectivity index (χ1) is 5.72. The molecule has 0 saturated heterocycles. The van der Waals surface area contributed by atoms with Gasteiger partial charge in [-0.2, -0.15) is 0 Å². The van der Waals surface area contributed by atoms with Crippen molar-refractivity contribution in [2.24, 2.45) is 11.5 Å². The van der Waals surface area contributed by atoms with Gasteiger partial charge in [-0.15, -0.1) is 0 Å². The molecule has 0 aliphatic heterocycles. The van der Waals surface area contributed by atoms with Gasteiger partial charge in [0.2, 0.25) is 0 Å². The summed E-state index contributed by atoms with van der Waals surface area (Å²) in [6, 6.07) is 7.71. The standard InChI is InChI=1S/C9H13ClN2/c10-8-3-1-7(2-4-8)5-9(12)6-11/h1-4,9H,5-6,11-12H2/t9-/m0/s1. The molecule has 3 heteroatoms. The molecule has 1 rings (SSSR count). The molecular weight excluding hydrogens is 172 g/mol. The zero-order valence-corrected chi connectivity index (χ0v) is 7.59. The van der Waals surface area contributed by atoms with Crippen LogP contribution in [0.2, 0.25) is 5.02 Å². The summed E-state index contributed by atoms with van der Waals surface area (Å²) >= 11 is 5.73. The fraction of sp³-hybridized carbons (Fsp3) is 0.333. The van der Waals surface area contributed by atoms with Gasteiger partial charge in [-0.3, -0.25) is 0 Å². The molecule has 4 N–H and O–H groups in total. The zero-order valence-electron chi connectivity index (χ0n) is 6.83. The summed E-state index contributed by atoms with van der Waals surface area (Å²) in [6.07, 6.45) is 0.813. The van der Waals surface area contributed by atoms with Crippen LogP contribution in [0.25, 0.3) is 0 Å². The molecule has 0 bridgehead atoms. The second-order valence-corrected chi connectivity index (χ2v) is 3.26. The SMILES string of the molecule is NC[C@@H](N)Cc1ccc(Cl)cc1. The summed E-state index contributed by atoms with van der Waals surface area (Å²) < 4.78 is 0. The van der Waals surface area contributed by atoms with Crippen molar-refractivity contribution in [2.75, 3.05) is 6.54 Å². The molecule has 0 fully saturated rings. The summed E-state index contributed by atoms with van der Waals surface area (Å²) in [7, 11) is 0. The molecule has 0 aliphatic carbocycles. The van der Waals surface area contributed by atoms with Gasteiger partial charge in [-0.25, -0.2) is 0 Å². The van der Waals surface area contributed by atoms with E-state index >= 15 is 0 Å². The fourth-order valence-corrected chi connectivity index (χ4v) is 1.13. The van der Waals surface area contributed by atoms with Gasteiger partial charge in [-0.05, 0) is 24.1 Å². The van der Waals surface area contributed by atoms with Crippen molar-refractivity contribution in [3.05, 3.63) is 34.9 Å². The van der Waals surface area contributed by atoms with E-state index in [1.165, 1.54) is 5.56 Å². The number of hydrogen-bond acceptors (Lipinski definition) is 2. The Hall–Kier alpha value is -0.570. The van der Waals surface area contributed by atoms with E-state index in [9.17, 15) is 0 Å². The van der Waals surface area contributed by atoms with Crippen LogP contribution in [0.15, 0.2) is 24.3 Å². The molecule has 0 aromatic heterocycles. The quantitative estimate of drug-likeness (QED) is 0.741. The smallest absolute Gasteiger partial charge is 0.0406 e. The molecule has 1 aromatic rings. The summed E-state index contributed by atoms with van der Waals surface area (Å²) in [5.41, 5.74) is 12.3. The molecule has 0 aliphatic rings. The minimum absolute atomic E-state index is 0.0474. The average Bonchev–Trinajstić information content (AvgIpc) is 2.09. The first-order valence-electron chi connectivity index (χ1n) is 3.92. The normalized spacial score (nSPS) is 12.9. The predicted molar refractivity (Wildman–Crippen MR) is 52.2 cm³/mol. The van der Waals surface area contributed by atoms with Gasteiger partial charge >= 0.3 is 0 Å². The third kappa shape index (κ3) is 2.81. The van der Waals surface area contributed by atoms with E-state index in [0.717, 1.165) is 11.4 Å². The van der Waals surface area contributed by atoms with Crippen LogP contribution in [-0.4, -0.2) is 12.6 Å². The van der Waals surface area contributed by atoms with Crippen molar-refractivity contribution in [1.29, 1.82) is 0 Å². The Morgan fingerprint density at radius 2 is 1.83 bits per heavy atom. The van der Waals surface area contributed by atoms with Crippen molar-refractivity contribution in [3.8, 4) is 0 Å². The first kappa shape index (κ1) is 9.52. The number of nitrogens with two attached hydrogens (primary N) is 2. The first-order valence-corrected chi connectivity index (χ1v) is 4.30. The zero-order chi connectivity index (χ0) is 8.97. The van der Waals surface area contributed by atoms with Crippen LogP contribution < -0.4 is 11.5 Å². The molecule has 66 valence electrons. The fourth-order valence-electron chi connectivity index (χ4n) is 1.01. The molecule has 0 spiro atoms. The van der Waals surface area contributed by atoms with Gasteiger partial charge < -0.3 is 11.5 Å². The topological polar surface area (TPSA) is 52.0 Å². The van der Waals surface area contributed by atoms with Gasteiger partial charge in [-0.1, -0.05) is 23.7 Å². The summed E-state index contributed by atoms with van der Waals surface area (Å²) in [5.74, 6) is 0. The lowest BCUT2D eigenvalue weighted by molar-refractivity contribution is 0.678. The molecule has 12 heavy (non-hydrogen) atoms. The van der Waals surface area contributed by atoms with Gasteiger partial charge in [0.25, 0.3) is 0 Å². The number of benzene rings is 1. The maximum atomic E-state index is 5.73. The number of halogens is 1. The number of hydrogen-bond donors (Lipinski definition) is 2. The lowest BCUT2D eigenvalue weighted by atomic mass is 10.1. The van der Waals surface area contributed by atoms with Crippen LogP contribution in [-0.2, 0) is 6.42 Å². The van der Waals surface area contributed by atoms with Crippen molar-refractivity contribution in [3.63, 3.8) is 0 Å². The van der Waals surface area contributed by atoms with Crippen LogP contribution in [0.4, 0.5) is 0 Å². The molecule has 0 amide bonds. The van der Waals surface area contributed by atoms with Gasteiger partial charge in [0.05, 0.1) is 0 Å². The highest BCUT2D eigenvalue weighted by molar-refractivity contribution is 6.30. The van der Waals surface area contributed by atoms with Crippen LogP contribution in [0, 0.1) is 0 Å². The van der Waals surface area contributed by atoms with E-state index in [1.54, 1.807) is 0 Å². The second-order valence-electron chi connectivity index (χ2n) is 2.83. The maximum absolute atomic E-state index is 5.73. The molecular formula is C9H13ClN2. The lowest BCUT2D eigenvalue weighted by Gasteiger charge is -2.07. The molecule has 1 atom stereocenters. The predicted octanol–water partition coefficient (Wildman–Crippen LogP) is 1.17. The van der Waals surface area contributed by atoms with E-state index in [-0.39, 0.29) is 6.04 Å². The van der Waals surface area contributed by atoms with E-state index in [4.69, 9.17) is 23.1 Å². The third-order valence-electron chi connectivity index (χ3n) is 1.71. The lowest BCUT2D eigenvalue weighted by Crippen LogP contribution is -2.31. The average molecular weight is 185 g/mol. The Labute approximate surface area is 77.5 Å². The highest BCUT2D eigenvalue weighted by Gasteiger charge is 2.00. The minimum atomic E-state index is 0.0474. The Morgan fingerprint density at radius 1 is 1.25 bits per heavy atom. The van der Waals surface area contributed by atoms with Gasteiger partial charge in [0.1, 0.15) is 0 Å². The highest BCUT2D eigenvalue weighted by Crippen LogP contribution is 2.10. The Morgan fingerprint density at radius 3 is 2.33 bits per heavy atom. The third-order valence-corrected chi connectivity index (χ3v) is 1.97. The molecule has 0 saturated carbocycles. The minimum Gasteiger partial charge on any atom is -0.329 e. The van der Waals surface area contributed by atoms with Crippen LogP contribution in [0.5, 0.6) is 0 Å². The van der Waals surface area contributed by atoms with Crippen LogP contribution >= 0.6 is 11.6 Å². The van der Waals surface area contributed by atoms with Crippen LogP contribution in [0.1, 0.15) is 5.56 Å².